The molecule has 3 aromatic rings. The Labute approximate surface area is 196 Å². The predicted octanol–water partition coefficient (Wildman–Crippen LogP) is 3.18. The number of nitrogens with zero attached hydrogens (tertiary/aromatic N) is 3. The van der Waals surface area contributed by atoms with Crippen LogP contribution in [0.3, 0.4) is 0 Å². The maximum Gasteiger partial charge on any atom is 0.325 e. The Morgan fingerprint density at radius 2 is 1.79 bits per heavy atom. The van der Waals surface area contributed by atoms with Crippen molar-refractivity contribution in [2.24, 2.45) is 4.99 Å². The number of carbonyl (C=O) groups excluding carboxylic acids is 2. The number of esters is 1. The molecule has 2 aromatic carbocycles. The molecule has 1 saturated carbocycles. The summed E-state index contributed by atoms with van der Waals surface area (Å²) in [6.07, 6.45) is 3.80. The zero-order chi connectivity index (χ0) is 23.6. The highest BCUT2D eigenvalue weighted by Crippen LogP contribution is 2.27. The average Bonchev–Trinajstić information content (AvgIpc) is 3.47. The van der Waals surface area contributed by atoms with Gasteiger partial charge >= 0.3 is 5.97 Å². The van der Waals surface area contributed by atoms with Crippen molar-refractivity contribution < 1.29 is 22.7 Å². The molecule has 0 N–H and O–H groups in total. The second-order valence-corrected chi connectivity index (χ2v) is 10.9. The minimum atomic E-state index is -3.63. The van der Waals surface area contributed by atoms with Gasteiger partial charge in [-0.2, -0.15) is 9.30 Å². The van der Waals surface area contributed by atoms with Gasteiger partial charge in [0, 0.05) is 18.7 Å². The number of aromatic nitrogens is 1. The van der Waals surface area contributed by atoms with Crippen LogP contribution < -0.4 is 4.80 Å². The van der Waals surface area contributed by atoms with Gasteiger partial charge in [-0.25, -0.2) is 8.42 Å². The fraction of sp³-hybridized carbons (Fsp3) is 0.348. The number of amides is 1. The van der Waals surface area contributed by atoms with E-state index in [0.29, 0.717) is 4.80 Å². The summed E-state index contributed by atoms with van der Waals surface area (Å²) in [5.41, 5.74) is 1.04. The molecule has 1 heterocycles. The SMILES string of the molecule is COC(=O)Cn1c(=NC(=O)c2ccc(S(=O)(=O)N(C)C3CCCC3)cc2)sc2ccccc21. The molecule has 33 heavy (non-hydrogen) atoms. The van der Waals surface area contributed by atoms with Gasteiger partial charge in [0.05, 0.1) is 22.2 Å². The Morgan fingerprint density at radius 1 is 1.12 bits per heavy atom. The summed E-state index contributed by atoms with van der Waals surface area (Å²) < 4.78 is 34.6. The summed E-state index contributed by atoms with van der Waals surface area (Å²) in [5.74, 6) is -0.971. The summed E-state index contributed by atoms with van der Waals surface area (Å²) in [6, 6.07) is 13.3. The second-order valence-electron chi connectivity index (χ2n) is 7.92. The van der Waals surface area contributed by atoms with Crippen molar-refractivity contribution in [2.75, 3.05) is 14.2 Å². The first-order chi connectivity index (χ1) is 15.8. The van der Waals surface area contributed by atoms with Gasteiger partial charge in [0.25, 0.3) is 5.91 Å². The number of benzene rings is 2. The lowest BCUT2D eigenvalue weighted by Gasteiger charge is -2.23. The molecular formula is C23H25N3O5S2. The molecule has 8 nitrogen and oxygen atoms in total. The van der Waals surface area contributed by atoms with Gasteiger partial charge in [0.2, 0.25) is 10.0 Å². The van der Waals surface area contributed by atoms with E-state index in [0.717, 1.165) is 35.9 Å². The smallest absolute Gasteiger partial charge is 0.325 e. The van der Waals surface area contributed by atoms with E-state index in [1.165, 1.54) is 47.0 Å². The summed E-state index contributed by atoms with van der Waals surface area (Å²) in [5, 5.41) is 0. The first-order valence-electron chi connectivity index (χ1n) is 10.6. The molecule has 1 amide bonds. The second kappa shape index (κ2) is 9.58. The molecular weight excluding hydrogens is 462 g/mol. The number of carbonyl (C=O) groups is 2. The van der Waals surface area contributed by atoms with Crippen LogP contribution in [0.1, 0.15) is 36.0 Å². The maximum atomic E-state index is 12.9. The van der Waals surface area contributed by atoms with Crippen molar-refractivity contribution >= 4 is 43.5 Å². The number of hydrogen-bond acceptors (Lipinski definition) is 6. The number of sulfonamides is 1. The fourth-order valence-electron chi connectivity index (χ4n) is 4.00. The van der Waals surface area contributed by atoms with E-state index in [1.54, 1.807) is 11.6 Å². The minimum absolute atomic E-state index is 0.0181. The molecule has 0 atom stereocenters. The number of rotatable bonds is 6. The zero-order valence-corrected chi connectivity index (χ0v) is 20.1. The number of ether oxygens (including phenoxy) is 1. The van der Waals surface area contributed by atoms with Crippen LogP contribution in [0.25, 0.3) is 10.2 Å². The van der Waals surface area contributed by atoms with E-state index in [-0.39, 0.29) is 23.0 Å². The molecule has 0 spiro atoms. The third-order valence-electron chi connectivity index (χ3n) is 5.92. The summed E-state index contributed by atoms with van der Waals surface area (Å²) in [7, 11) is -0.709. The quantitative estimate of drug-likeness (QED) is 0.498. The first kappa shape index (κ1) is 23.3. The number of thiazole rings is 1. The monoisotopic (exact) mass is 487 g/mol. The Kier molecular flexibility index (Phi) is 6.78. The number of methoxy groups -OCH3 is 1. The fourth-order valence-corrected chi connectivity index (χ4v) is 6.45. The van der Waals surface area contributed by atoms with E-state index >= 15 is 0 Å². The minimum Gasteiger partial charge on any atom is -0.468 e. The molecule has 1 aliphatic rings. The number of para-hydroxylation sites is 1. The summed E-state index contributed by atoms with van der Waals surface area (Å²) in [6.45, 7) is -0.0721. The summed E-state index contributed by atoms with van der Waals surface area (Å²) in [4.78, 5) is 29.5. The van der Waals surface area contributed by atoms with Crippen molar-refractivity contribution in [3.05, 3.63) is 58.9 Å². The molecule has 0 aliphatic heterocycles. The predicted molar refractivity (Wildman–Crippen MR) is 125 cm³/mol. The van der Waals surface area contributed by atoms with Crippen molar-refractivity contribution in [1.82, 2.24) is 8.87 Å². The average molecular weight is 488 g/mol. The topological polar surface area (TPSA) is 98.0 Å². The van der Waals surface area contributed by atoms with Crippen LogP contribution in [0.4, 0.5) is 0 Å². The van der Waals surface area contributed by atoms with Crippen LogP contribution in [0, 0.1) is 0 Å². The largest absolute Gasteiger partial charge is 0.468 e. The van der Waals surface area contributed by atoms with E-state index < -0.39 is 21.9 Å². The van der Waals surface area contributed by atoms with Crippen molar-refractivity contribution in [2.45, 2.75) is 43.2 Å². The highest BCUT2D eigenvalue weighted by Gasteiger charge is 2.30. The van der Waals surface area contributed by atoms with Crippen LogP contribution in [0.2, 0.25) is 0 Å². The van der Waals surface area contributed by atoms with Gasteiger partial charge in [-0.15, -0.1) is 0 Å². The molecule has 1 aliphatic carbocycles. The van der Waals surface area contributed by atoms with E-state index in [4.69, 9.17) is 4.74 Å². The third kappa shape index (κ3) is 4.78. The standard InChI is InChI=1S/C23H25N3O5S2/c1-25(17-7-3-4-8-17)33(29,30)18-13-11-16(12-14-18)22(28)24-23-26(15-21(27)31-2)19-9-5-6-10-20(19)32-23/h5-6,9-14,17H,3-4,7-8,15H2,1-2H3. The van der Waals surface area contributed by atoms with Crippen LogP contribution in [0.15, 0.2) is 58.4 Å². The number of hydrogen-bond donors (Lipinski definition) is 0. The molecule has 10 heteroatoms. The third-order valence-corrected chi connectivity index (χ3v) is 8.90. The van der Waals surface area contributed by atoms with Gasteiger partial charge in [-0.05, 0) is 49.2 Å². The number of fused-ring (bicyclic) bond motifs is 1. The van der Waals surface area contributed by atoms with Crippen molar-refractivity contribution in [3.63, 3.8) is 0 Å². The van der Waals surface area contributed by atoms with E-state index in [1.807, 2.05) is 24.3 Å². The van der Waals surface area contributed by atoms with E-state index in [2.05, 4.69) is 4.99 Å². The van der Waals surface area contributed by atoms with Crippen LogP contribution in [0.5, 0.6) is 0 Å². The molecule has 174 valence electrons. The van der Waals surface area contributed by atoms with Crippen molar-refractivity contribution in [3.8, 4) is 0 Å². The van der Waals surface area contributed by atoms with Gasteiger partial charge in [-0.3, -0.25) is 9.59 Å². The lowest BCUT2D eigenvalue weighted by molar-refractivity contribution is -0.141. The Balaban J connectivity index is 1.63. The van der Waals surface area contributed by atoms with Crippen LogP contribution in [-0.2, 0) is 26.1 Å². The highest BCUT2D eigenvalue weighted by molar-refractivity contribution is 7.89. The molecule has 0 radical (unpaired) electrons. The van der Waals surface area contributed by atoms with Crippen LogP contribution >= 0.6 is 11.3 Å². The normalized spacial score (nSPS) is 15.4. The molecule has 1 fully saturated rings. The Morgan fingerprint density at radius 3 is 2.45 bits per heavy atom. The zero-order valence-electron chi connectivity index (χ0n) is 18.4. The summed E-state index contributed by atoms with van der Waals surface area (Å²) >= 11 is 1.29. The lowest BCUT2D eigenvalue weighted by Crippen LogP contribution is -2.35. The van der Waals surface area contributed by atoms with Crippen molar-refractivity contribution in [1.29, 1.82) is 0 Å². The van der Waals surface area contributed by atoms with Gasteiger partial charge in [0.1, 0.15) is 6.54 Å². The molecule has 0 unspecified atom stereocenters. The van der Waals surface area contributed by atoms with Gasteiger partial charge < -0.3 is 9.30 Å². The maximum absolute atomic E-state index is 12.9. The van der Waals surface area contributed by atoms with Gasteiger partial charge in [-0.1, -0.05) is 36.3 Å². The molecule has 4 rings (SSSR count). The molecule has 1 aromatic heterocycles. The Hall–Kier alpha value is -2.82. The molecule has 0 saturated heterocycles. The lowest BCUT2D eigenvalue weighted by atomic mass is 10.2. The van der Waals surface area contributed by atoms with E-state index in [9.17, 15) is 18.0 Å². The first-order valence-corrected chi connectivity index (χ1v) is 12.9. The van der Waals surface area contributed by atoms with Crippen LogP contribution in [-0.4, -0.2) is 49.4 Å². The Bertz CT molecular complexity index is 1350. The van der Waals surface area contributed by atoms with Gasteiger partial charge in [0.15, 0.2) is 4.80 Å². The molecule has 0 bridgehead atoms. The highest BCUT2D eigenvalue weighted by atomic mass is 32.2.